The Morgan fingerprint density at radius 1 is 1.30 bits per heavy atom. The van der Waals surface area contributed by atoms with Gasteiger partial charge in [0.1, 0.15) is 23.1 Å². The number of carbonyl (C=O) groups is 2. The molecular formula is C22H33FNaO11PS. The summed E-state index contributed by atoms with van der Waals surface area (Å²) in [6.45, 7) is 3.26. The zero-order valence-electron chi connectivity index (χ0n) is 22.1. The first-order valence-electron chi connectivity index (χ1n) is 11.8. The second-order valence-corrected chi connectivity index (χ2v) is 14.1. The van der Waals surface area contributed by atoms with Crippen molar-refractivity contribution in [3.05, 3.63) is 11.6 Å². The van der Waals surface area contributed by atoms with Gasteiger partial charge < -0.3 is 21.4 Å². The summed E-state index contributed by atoms with van der Waals surface area (Å²) in [6.07, 6.45) is -1.49. The summed E-state index contributed by atoms with van der Waals surface area (Å²) in [5.74, 6) is -4.16. The van der Waals surface area contributed by atoms with Gasteiger partial charge in [0.2, 0.25) is 0 Å². The number of halogens is 1. The molecule has 0 aliphatic heterocycles. The van der Waals surface area contributed by atoms with Crippen molar-refractivity contribution in [2.75, 3.05) is 6.61 Å². The third kappa shape index (κ3) is 4.32. The number of alkyl halides is 1. The normalized spacial score (nSPS) is 45.7. The molecule has 37 heavy (non-hydrogen) atoms. The van der Waals surface area contributed by atoms with E-state index in [1.54, 1.807) is 6.92 Å². The number of ketones is 2. The van der Waals surface area contributed by atoms with Crippen LogP contribution in [-0.2, 0) is 28.8 Å². The first kappa shape index (κ1) is 31.5. The van der Waals surface area contributed by atoms with Gasteiger partial charge in [0.05, 0.1) is 6.10 Å². The number of phosphoric acid groups is 1. The average molecular weight is 579 g/mol. The smallest absolute Gasteiger partial charge is 1.00 e. The van der Waals surface area contributed by atoms with Crippen LogP contribution in [0.1, 0.15) is 54.3 Å². The van der Waals surface area contributed by atoms with Crippen molar-refractivity contribution in [1.82, 2.24) is 0 Å². The van der Waals surface area contributed by atoms with Crippen LogP contribution in [0.25, 0.3) is 0 Å². The van der Waals surface area contributed by atoms with Gasteiger partial charge in [0, 0.05) is 23.2 Å². The van der Waals surface area contributed by atoms with Gasteiger partial charge in [-0.1, -0.05) is 26.3 Å². The van der Waals surface area contributed by atoms with Crippen LogP contribution < -0.4 is 29.6 Å². The number of phosphoric ester groups is 1. The second-order valence-electron chi connectivity index (χ2n) is 11.3. The quantitative estimate of drug-likeness (QED) is 0.141. The first-order chi connectivity index (χ1) is 16.2. The van der Waals surface area contributed by atoms with Crippen molar-refractivity contribution >= 4 is 29.5 Å². The second kappa shape index (κ2) is 9.51. The molecule has 206 valence electrons. The minimum absolute atomic E-state index is 0. The molecule has 0 heterocycles. The summed E-state index contributed by atoms with van der Waals surface area (Å²) in [4.78, 5) is 43.3. The van der Waals surface area contributed by atoms with E-state index in [1.165, 1.54) is 19.9 Å². The maximum absolute atomic E-state index is 17.5. The molecule has 4 aliphatic rings. The molecule has 0 amide bonds. The van der Waals surface area contributed by atoms with Crippen molar-refractivity contribution in [2.24, 2.45) is 28.6 Å². The molecule has 0 bridgehead atoms. The van der Waals surface area contributed by atoms with Gasteiger partial charge in [0.25, 0.3) is 10.1 Å². The summed E-state index contributed by atoms with van der Waals surface area (Å²) < 4.78 is 67.7. The number of rotatable bonds is 5. The van der Waals surface area contributed by atoms with Gasteiger partial charge in [-0.15, -0.1) is 0 Å². The number of fused-ring (bicyclic) bond motifs is 5. The van der Waals surface area contributed by atoms with E-state index in [4.69, 9.17) is 9.79 Å². The molecule has 0 radical (unpaired) electrons. The number of allylic oxidation sites excluding steroid dienone is 1. The molecule has 5 N–H and O–H groups in total. The Hall–Kier alpha value is -0.0500. The zero-order valence-corrected chi connectivity index (χ0v) is 24.8. The monoisotopic (exact) mass is 578 g/mol. The molecule has 11 nitrogen and oxygen atoms in total. The van der Waals surface area contributed by atoms with E-state index in [9.17, 15) is 37.3 Å². The molecule has 0 saturated heterocycles. The van der Waals surface area contributed by atoms with Gasteiger partial charge in [0.15, 0.2) is 11.6 Å². The summed E-state index contributed by atoms with van der Waals surface area (Å²) in [5.41, 5.74) is -8.00. The van der Waals surface area contributed by atoms with Crippen molar-refractivity contribution in [3.63, 3.8) is 0 Å². The van der Waals surface area contributed by atoms with Crippen molar-refractivity contribution < 1.29 is 87.0 Å². The SMILES string of the molecule is C[C@@H]1C[C@H]2[C@@H]3CCC4=CC(=O)CC(S(=O)(=O)O)[C@]4(C)[C@@]3(F)C(O)C[C@]2(C)[C@@]1(O)C(=O)COP(=O)(O)O.[H-].[Na+]. The van der Waals surface area contributed by atoms with Crippen LogP contribution in [0.3, 0.4) is 0 Å². The van der Waals surface area contributed by atoms with Gasteiger partial charge >= 0.3 is 37.4 Å². The van der Waals surface area contributed by atoms with Crippen LogP contribution in [0.15, 0.2) is 11.6 Å². The minimum Gasteiger partial charge on any atom is -1.00 e. The van der Waals surface area contributed by atoms with Crippen LogP contribution in [0.5, 0.6) is 0 Å². The van der Waals surface area contributed by atoms with E-state index in [0.29, 0.717) is 0 Å². The third-order valence-corrected chi connectivity index (χ3v) is 11.7. The Bertz CT molecular complexity index is 1200. The fraction of sp³-hybridized carbons (Fsp3) is 0.818. The van der Waals surface area contributed by atoms with Gasteiger partial charge in [-0.25, -0.2) is 8.96 Å². The molecule has 4 rings (SSSR count). The zero-order chi connectivity index (χ0) is 27.3. The summed E-state index contributed by atoms with van der Waals surface area (Å²) >= 11 is 0. The van der Waals surface area contributed by atoms with Crippen LogP contribution in [0.4, 0.5) is 4.39 Å². The maximum Gasteiger partial charge on any atom is 1.00 e. The van der Waals surface area contributed by atoms with E-state index < -0.39 is 100 Å². The molecule has 15 heteroatoms. The summed E-state index contributed by atoms with van der Waals surface area (Å²) in [5, 5.41) is 21.2. The molecule has 0 aromatic carbocycles. The number of aliphatic hydroxyl groups is 2. The Balaban J connectivity index is 0.00000253. The molecule has 4 aliphatic carbocycles. The largest absolute Gasteiger partial charge is 1.00 e. The Labute approximate surface area is 238 Å². The topological polar surface area (TPSA) is 196 Å². The van der Waals surface area contributed by atoms with Crippen molar-refractivity contribution in [3.8, 4) is 0 Å². The van der Waals surface area contributed by atoms with Gasteiger partial charge in [-0.2, -0.15) is 8.42 Å². The Morgan fingerprint density at radius 3 is 2.43 bits per heavy atom. The van der Waals surface area contributed by atoms with E-state index in [1.807, 2.05) is 0 Å². The molecule has 0 aromatic rings. The number of carbonyl (C=O) groups excluding carboxylic acids is 2. The van der Waals surface area contributed by atoms with E-state index in [2.05, 4.69) is 4.52 Å². The predicted octanol–water partition coefficient (Wildman–Crippen LogP) is -1.78. The Kier molecular flexibility index (Phi) is 8.09. The first-order valence-corrected chi connectivity index (χ1v) is 14.8. The molecule has 2 unspecified atom stereocenters. The number of hydrogen-bond acceptors (Lipinski definition) is 8. The number of Topliss-reactive ketones (excluding diaryl/α,β-unsaturated/α-hetero) is 1. The van der Waals surface area contributed by atoms with Crippen LogP contribution in [0, 0.1) is 28.6 Å². The standard InChI is InChI=1S/C22H32FO11PS.Na.H/c1-11-6-15-14-5-4-12-7-13(24)8-18(36(31,32)33)20(12,3)21(14,23)16(25)9-19(15,2)22(11,27)17(26)10-34-35(28,29)30;;/h7,11,14-16,18,25,27H,4-6,8-10H2,1-3H3,(H2,28,29,30)(H,31,32,33);;/q;+1;-1/t11-,14+,15+,16?,18?,19+,20-,21+,22+;;/m1../s1. The van der Waals surface area contributed by atoms with Crippen LogP contribution >= 0.6 is 7.82 Å². The molecule has 3 fully saturated rings. The van der Waals surface area contributed by atoms with Crippen molar-refractivity contribution in [2.45, 2.75) is 75.5 Å². The number of hydrogen-bond donors (Lipinski definition) is 5. The van der Waals surface area contributed by atoms with Gasteiger partial charge in [-0.05, 0) is 43.6 Å². The fourth-order valence-corrected chi connectivity index (χ4v) is 9.77. The minimum atomic E-state index is -5.02. The average Bonchev–Trinajstić information content (AvgIpc) is 2.93. The Morgan fingerprint density at radius 2 is 1.89 bits per heavy atom. The third-order valence-electron chi connectivity index (χ3n) is 9.84. The van der Waals surface area contributed by atoms with E-state index in [0.717, 1.165) is 0 Å². The maximum atomic E-state index is 17.5. The van der Waals surface area contributed by atoms with Crippen molar-refractivity contribution in [1.29, 1.82) is 0 Å². The molecule has 9 atom stereocenters. The molecule has 0 aromatic heterocycles. The molecular weight excluding hydrogens is 545 g/mol. The van der Waals surface area contributed by atoms with Crippen LogP contribution in [0.2, 0.25) is 0 Å². The summed E-state index contributed by atoms with van der Waals surface area (Å²) in [7, 11) is -9.94. The molecule has 0 spiro atoms. The number of aliphatic hydroxyl groups excluding tert-OH is 1. The summed E-state index contributed by atoms with van der Waals surface area (Å²) in [6, 6.07) is 0. The predicted molar refractivity (Wildman–Crippen MR) is 123 cm³/mol. The van der Waals surface area contributed by atoms with E-state index in [-0.39, 0.29) is 55.8 Å². The van der Waals surface area contributed by atoms with E-state index >= 15 is 4.39 Å². The van der Waals surface area contributed by atoms with Gasteiger partial charge in [-0.3, -0.25) is 18.7 Å². The van der Waals surface area contributed by atoms with Crippen LogP contribution in [-0.4, -0.2) is 73.8 Å². The fourth-order valence-electron chi connectivity index (χ4n) is 8.19. The molecule has 3 saturated carbocycles.